The van der Waals surface area contributed by atoms with E-state index in [0.717, 1.165) is 25.1 Å². The van der Waals surface area contributed by atoms with Crippen molar-refractivity contribution in [2.75, 3.05) is 20.1 Å². The van der Waals surface area contributed by atoms with Crippen LogP contribution in [-0.2, 0) is 21.4 Å². The number of carbonyl (C=O) groups excluding carboxylic acids is 1. The number of hydrogen-bond acceptors (Lipinski definition) is 3. The highest BCUT2D eigenvalue weighted by Crippen LogP contribution is 2.16. The summed E-state index contributed by atoms with van der Waals surface area (Å²) < 4.78 is 41.2. The summed E-state index contributed by atoms with van der Waals surface area (Å²) in [6.45, 7) is 1.59. The lowest BCUT2D eigenvalue weighted by Crippen LogP contribution is -2.30. The van der Waals surface area contributed by atoms with E-state index in [1.807, 2.05) is 18.3 Å². The summed E-state index contributed by atoms with van der Waals surface area (Å²) in [4.78, 5) is 12.1. The molecule has 160 valence electrons. The Bertz CT molecular complexity index is 1090. The lowest BCUT2D eigenvalue weighted by Gasteiger charge is -2.17. The second-order valence-electron chi connectivity index (χ2n) is 7.16. The van der Waals surface area contributed by atoms with E-state index in [1.54, 1.807) is 0 Å². The van der Waals surface area contributed by atoms with Gasteiger partial charge >= 0.3 is 0 Å². The normalized spacial score (nSPS) is 11.8. The van der Waals surface area contributed by atoms with E-state index < -0.39 is 15.8 Å². The van der Waals surface area contributed by atoms with Crippen molar-refractivity contribution in [1.82, 2.24) is 14.2 Å². The van der Waals surface area contributed by atoms with Gasteiger partial charge in [0, 0.05) is 44.8 Å². The fourth-order valence-corrected chi connectivity index (χ4v) is 4.48. The van der Waals surface area contributed by atoms with Gasteiger partial charge in [0.1, 0.15) is 5.82 Å². The van der Waals surface area contributed by atoms with E-state index in [2.05, 4.69) is 28.1 Å². The highest BCUT2D eigenvalue weighted by atomic mass is 32.2. The van der Waals surface area contributed by atoms with E-state index in [4.69, 9.17) is 0 Å². The Morgan fingerprint density at radius 3 is 2.57 bits per heavy atom. The van der Waals surface area contributed by atoms with Crippen LogP contribution in [0.15, 0.2) is 65.7 Å². The standard InChI is InChI=1S/C22H26FN3O3S/c1-25(30(28,29)20-11-9-19(23)10-12-20)15-4-8-22(27)24-14-5-16-26-17-13-18-6-2-3-7-21(18)26/h2-3,6-7,9-13,17H,4-5,8,14-16H2,1H3,(H,24,27). The number of nitrogens with zero attached hydrogens (tertiary/aromatic N) is 2. The minimum Gasteiger partial charge on any atom is -0.356 e. The van der Waals surface area contributed by atoms with Gasteiger partial charge in [-0.25, -0.2) is 17.1 Å². The molecule has 0 atom stereocenters. The maximum atomic E-state index is 13.0. The number of hydrogen-bond donors (Lipinski definition) is 1. The van der Waals surface area contributed by atoms with Gasteiger partial charge in [-0.1, -0.05) is 18.2 Å². The van der Waals surface area contributed by atoms with Crippen LogP contribution in [0.25, 0.3) is 10.9 Å². The second-order valence-corrected chi connectivity index (χ2v) is 9.20. The Kier molecular flexibility index (Phi) is 7.23. The highest BCUT2D eigenvalue weighted by molar-refractivity contribution is 7.89. The molecule has 0 bridgehead atoms. The summed E-state index contributed by atoms with van der Waals surface area (Å²) in [6, 6.07) is 14.9. The van der Waals surface area contributed by atoms with Crippen molar-refractivity contribution in [3.05, 3.63) is 66.6 Å². The van der Waals surface area contributed by atoms with E-state index in [9.17, 15) is 17.6 Å². The maximum Gasteiger partial charge on any atom is 0.242 e. The van der Waals surface area contributed by atoms with E-state index in [0.29, 0.717) is 13.0 Å². The average molecular weight is 432 g/mol. The van der Waals surface area contributed by atoms with Crippen LogP contribution < -0.4 is 5.32 Å². The first-order chi connectivity index (χ1) is 14.4. The Hall–Kier alpha value is -2.71. The fourth-order valence-electron chi connectivity index (χ4n) is 3.27. The van der Waals surface area contributed by atoms with Gasteiger partial charge in [-0.2, -0.15) is 0 Å². The third-order valence-corrected chi connectivity index (χ3v) is 6.85. The molecule has 3 rings (SSSR count). The summed E-state index contributed by atoms with van der Waals surface area (Å²) in [7, 11) is -2.23. The van der Waals surface area contributed by atoms with Crippen molar-refractivity contribution in [2.45, 2.75) is 30.7 Å². The number of halogens is 1. The molecule has 8 heteroatoms. The van der Waals surface area contributed by atoms with Crippen LogP contribution in [0.1, 0.15) is 19.3 Å². The Balaban J connectivity index is 1.37. The van der Waals surface area contributed by atoms with Gasteiger partial charge in [0.25, 0.3) is 0 Å². The lowest BCUT2D eigenvalue weighted by molar-refractivity contribution is -0.121. The Morgan fingerprint density at radius 1 is 1.07 bits per heavy atom. The van der Waals surface area contributed by atoms with Crippen LogP contribution in [-0.4, -0.2) is 43.3 Å². The number of aromatic nitrogens is 1. The molecule has 1 aromatic heterocycles. The molecule has 1 N–H and O–H groups in total. The molecule has 3 aromatic rings. The molecule has 0 aliphatic carbocycles. The molecule has 0 fully saturated rings. The van der Waals surface area contributed by atoms with Gasteiger partial charge in [0.05, 0.1) is 4.90 Å². The number of carbonyl (C=O) groups is 1. The van der Waals surface area contributed by atoms with Crippen molar-refractivity contribution in [2.24, 2.45) is 0 Å². The number of aryl methyl sites for hydroxylation is 1. The molecular weight excluding hydrogens is 405 g/mol. The van der Waals surface area contributed by atoms with Crippen molar-refractivity contribution in [1.29, 1.82) is 0 Å². The summed E-state index contributed by atoms with van der Waals surface area (Å²) in [6.07, 6.45) is 3.51. The van der Waals surface area contributed by atoms with Crippen LogP contribution in [0.4, 0.5) is 4.39 Å². The quantitative estimate of drug-likeness (QED) is 0.500. The number of nitrogens with one attached hydrogen (secondary N) is 1. The van der Waals surface area contributed by atoms with E-state index in [-0.39, 0.29) is 23.8 Å². The van der Waals surface area contributed by atoms with Crippen LogP contribution in [0.3, 0.4) is 0 Å². The number of sulfonamides is 1. The molecule has 0 aliphatic heterocycles. The predicted octanol–water partition coefficient (Wildman–Crippen LogP) is 3.39. The van der Waals surface area contributed by atoms with Crippen LogP contribution in [0, 0.1) is 5.82 Å². The summed E-state index contributed by atoms with van der Waals surface area (Å²) >= 11 is 0. The van der Waals surface area contributed by atoms with Gasteiger partial charge in [0.2, 0.25) is 15.9 Å². The third kappa shape index (κ3) is 5.46. The second kappa shape index (κ2) is 9.86. The predicted molar refractivity (Wildman–Crippen MR) is 115 cm³/mol. The molecule has 0 radical (unpaired) electrons. The van der Waals surface area contributed by atoms with E-state index in [1.165, 1.54) is 34.4 Å². The Morgan fingerprint density at radius 2 is 1.80 bits per heavy atom. The fraction of sp³-hybridized carbons (Fsp3) is 0.318. The van der Waals surface area contributed by atoms with Gasteiger partial charge < -0.3 is 9.88 Å². The van der Waals surface area contributed by atoms with E-state index >= 15 is 0 Å². The van der Waals surface area contributed by atoms with Crippen molar-refractivity contribution in [3.63, 3.8) is 0 Å². The van der Waals surface area contributed by atoms with Gasteiger partial charge in [-0.15, -0.1) is 0 Å². The number of para-hydroxylation sites is 1. The first-order valence-corrected chi connectivity index (χ1v) is 11.3. The number of benzene rings is 2. The maximum absolute atomic E-state index is 13.0. The lowest BCUT2D eigenvalue weighted by atomic mass is 10.2. The topological polar surface area (TPSA) is 71.4 Å². The molecule has 1 heterocycles. The molecule has 0 saturated heterocycles. The molecule has 30 heavy (non-hydrogen) atoms. The minimum absolute atomic E-state index is 0.0355. The molecular formula is C22H26FN3O3S. The SMILES string of the molecule is CN(CCCC(=O)NCCCn1ccc2ccccc21)S(=O)(=O)c1ccc(F)cc1. The van der Waals surface area contributed by atoms with Crippen LogP contribution in [0.2, 0.25) is 0 Å². The molecule has 6 nitrogen and oxygen atoms in total. The molecule has 0 aliphatic rings. The molecule has 2 aromatic carbocycles. The zero-order valence-corrected chi connectivity index (χ0v) is 17.7. The molecule has 0 unspecified atom stereocenters. The average Bonchev–Trinajstić information content (AvgIpc) is 3.14. The summed E-state index contributed by atoms with van der Waals surface area (Å²) in [5.74, 6) is -0.585. The molecule has 1 amide bonds. The number of amides is 1. The first kappa shape index (κ1) is 22.0. The largest absolute Gasteiger partial charge is 0.356 e. The van der Waals surface area contributed by atoms with Crippen molar-refractivity contribution in [3.8, 4) is 0 Å². The molecule has 0 saturated carbocycles. The van der Waals surface area contributed by atoms with Crippen LogP contribution >= 0.6 is 0 Å². The van der Waals surface area contributed by atoms with Crippen LogP contribution in [0.5, 0.6) is 0 Å². The number of rotatable bonds is 10. The Labute approximate surface area is 176 Å². The summed E-state index contributed by atoms with van der Waals surface area (Å²) in [5.41, 5.74) is 1.18. The zero-order valence-electron chi connectivity index (χ0n) is 16.9. The van der Waals surface area contributed by atoms with Gasteiger partial charge in [0.15, 0.2) is 0 Å². The first-order valence-electron chi connectivity index (χ1n) is 9.90. The summed E-state index contributed by atoms with van der Waals surface area (Å²) in [5, 5.41) is 4.08. The number of fused-ring (bicyclic) bond motifs is 1. The molecule has 0 spiro atoms. The highest BCUT2D eigenvalue weighted by Gasteiger charge is 2.20. The van der Waals surface area contributed by atoms with Gasteiger partial charge in [-0.3, -0.25) is 4.79 Å². The minimum atomic E-state index is -3.69. The monoisotopic (exact) mass is 431 g/mol. The van der Waals surface area contributed by atoms with Crippen molar-refractivity contribution < 1.29 is 17.6 Å². The third-order valence-electron chi connectivity index (χ3n) is 4.98. The van der Waals surface area contributed by atoms with Crippen molar-refractivity contribution >= 4 is 26.8 Å². The zero-order chi connectivity index (χ0) is 21.6. The van der Waals surface area contributed by atoms with Gasteiger partial charge in [-0.05, 0) is 54.6 Å². The smallest absolute Gasteiger partial charge is 0.242 e.